The summed E-state index contributed by atoms with van der Waals surface area (Å²) in [5, 5.41) is 10.9. The highest BCUT2D eigenvalue weighted by Gasteiger charge is 2.30. The van der Waals surface area contributed by atoms with Gasteiger partial charge in [0.05, 0.1) is 24.0 Å². The van der Waals surface area contributed by atoms with E-state index in [4.69, 9.17) is 4.74 Å². The van der Waals surface area contributed by atoms with E-state index in [1.165, 1.54) is 27.8 Å². The van der Waals surface area contributed by atoms with Crippen molar-refractivity contribution in [2.45, 2.75) is 19.5 Å². The molecule has 0 unspecified atom stereocenters. The lowest BCUT2D eigenvalue weighted by Crippen LogP contribution is -2.14. The van der Waals surface area contributed by atoms with Gasteiger partial charge in [0.1, 0.15) is 5.75 Å². The van der Waals surface area contributed by atoms with Crippen molar-refractivity contribution >= 4 is 11.6 Å². The average Bonchev–Trinajstić information content (AvgIpc) is 3.42. The standard InChI is InChI=1S/C22H18F3N5O2/c23-22(24,25)17-6-4-5-16(11-17)13-30-14-18(12-26-30)27-21(31)20-9-10-29(28-20)15-32-19-7-2-1-3-8-19/h1-12,14H,13,15H2,(H,27,31). The van der Waals surface area contributed by atoms with Gasteiger partial charge in [-0.2, -0.15) is 23.4 Å². The number of aromatic nitrogens is 4. The first-order valence-corrected chi connectivity index (χ1v) is 9.58. The van der Waals surface area contributed by atoms with Crippen LogP contribution in [0.2, 0.25) is 0 Å². The van der Waals surface area contributed by atoms with E-state index in [0.29, 0.717) is 17.0 Å². The van der Waals surface area contributed by atoms with Gasteiger partial charge in [-0.3, -0.25) is 9.48 Å². The number of nitrogens with one attached hydrogen (secondary N) is 1. The van der Waals surface area contributed by atoms with Gasteiger partial charge in [-0.15, -0.1) is 0 Å². The minimum absolute atomic E-state index is 0.130. The van der Waals surface area contributed by atoms with Crippen molar-refractivity contribution in [2.24, 2.45) is 0 Å². The largest absolute Gasteiger partial charge is 0.471 e. The lowest BCUT2D eigenvalue weighted by molar-refractivity contribution is -0.137. The Morgan fingerprint density at radius 3 is 2.62 bits per heavy atom. The molecule has 0 aliphatic heterocycles. The Morgan fingerprint density at radius 1 is 1.03 bits per heavy atom. The zero-order valence-electron chi connectivity index (χ0n) is 16.7. The van der Waals surface area contributed by atoms with Gasteiger partial charge in [0, 0.05) is 12.4 Å². The number of rotatable bonds is 7. The van der Waals surface area contributed by atoms with E-state index in [-0.39, 0.29) is 19.0 Å². The summed E-state index contributed by atoms with van der Waals surface area (Å²) in [4.78, 5) is 12.4. The van der Waals surface area contributed by atoms with E-state index < -0.39 is 17.6 Å². The Kier molecular flexibility index (Phi) is 5.93. The van der Waals surface area contributed by atoms with Gasteiger partial charge < -0.3 is 10.1 Å². The lowest BCUT2D eigenvalue weighted by atomic mass is 10.1. The Balaban J connectivity index is 1.34. The van der Waals surface area contributed by atoms with E-state index in [0.717, 1.165) is 12.1 Å². The molecule has 2 aromatic heterocycles. The SMILES string of the molecule is O=C(Nc1cnn(Cc2cccc(C(F)(F)F)c2)c1)c1ccn(COc2ccccc2)n1. The number of halogens is 3. The predicted molar refractivity (Wildman–Crippen MR) is 110 cm³/mol. The van der Waals surface area contributed by atoms with E-state index in [2.05, 4.69) is 15.5 Å². The molecule has 0 radical (unpaired) electrons. The summed E-state index contributed by atoms with van der Waals surface area (Å²) in [5.74, 6) is 0.240. The van der Waals surface area contributed by atoms with Gasteiger partial charge in [0.25, 0.3) is 5.91 Å². The topological polar surface area (TPSA) is 74.0 Å². The van der Waals surface area contributed by atoms with Crippen molar-refractivity contribution in [1.29, 1.82) is 0 Å². The number of carbonyl (C=O) groups is 1. The number of para-hydroxylation sites is 1. The summed E-state index contributed by atoms with van der Waals surface area (Å²) < 4.78 is 47.1. The molecule has 1 amide bonds. The highest BCUT2D eigenvalue weighted by Crippen LogP contribution is 2.29. The van der Waals surface area contributed by atoms with Crippen LogP contribution in [0.25, 0.3) is 0 Å². The number of alkyl halides is 3. The van der Waals surface area contributed by atoms with Gasteiger partial charge in [0.15, 0.2) is 12.4 Å². The maximum Gasteiger partial charge on any atom is 0.416 e. The first-order chi connectivity index (χ1) is 15.4. The fourth-order valence-corrected chi connectivity index (χ4v) is 2.95. The molecule has 4 aromatic rings. The third kappa shape index (κ3) is 5.34. The summed E-state index contributed by atoms with van der Waals surface area (Å²) in [6.45, 7) is 0.275. The molecular weight excluding hydrogens is 423 g/mol. The molecule has 2 heterocycles. The third-order valence-electron chi connectivity index (χ3n) is 4.47. The predicted octanol–water partition coefficient (Wildman–Crippen LogP) is 4.44. The molecule has 164 valence electrons. The Bertz CT molecular complexity index is 1200. The Morgan fingerprint density at radius 2 is 1.84 bits per heavy atom. The number of nitrogens with zero attached hydrogens (tertiary/aromatic N) is 4. The highest BCUT2D eigenvalue weighted by atomic mass is 19.4. The van der Waals surface area contributed by atoms with Gasteiger partial charge in [-0.1, -0.05) is 30.3 Å². The molecule has 1 N–H and O–H groups in total. The van der Waals surface area contributed by atoms with Gasteiger partial charge in [-0.05, 0) is 35.9 Å². The fraction of sp³-hybridized carbons (Fsp3) is 0.136. The number of anilines is 1. The normalized spacial score (nSPS) is 11.3. The van der Waals surface area contributed by atoms with E-state index in [9.17, 15) is 18.0 Å². The van der Waals surface area contributed by atoms with Crippen LogP contribution in [-0.4, -0.2) is 25.5 Å². The summed E-state index contributed by atoms with van der Waals surface area (Å²) in [7, 11) is 0. The van der Waals surface area contributed by atoms with E-state index >= 15 is 0 Å². The molecule has 2 aromatic carbocycles. The Labute approximate surface area is 181 Å². The van der Waals surface area contributed by atoms with Gasteiger partial charge in [-0.25, -0.2) is 4.68 Å². The number of ether oxygens (including phenoxy) is 1. The first-order valence-electron chi connectivity index (χ1n) is 9.58. The molecule has 0 aliphatic rings. The monoisotopic (exact) mass is 441 g/mol. The third-order valence-corrected chi connectivity index (χ3v) is 4.47. The summed E-state index contributed by atoms with van der Waals surface area (Å²) >= 11 is 0. The van der Waals surface area contributed by atoms with Crippen LogP contribution in [-0.2, 0) is 19.5 Å². The number of carbonyl (C=O) groups excluding carboxylic acids is 1. The first kappa shape index (κ1) is 21.2. The number of amides is 1. The van der Waals surface area contributed by atoms with Crippen molar-refractivity contribution in [3.63, 3.8) is 0 Å². The van der Waals surface area contributed by atoms with Crippen LogP contribution >= 0.6 is 0 Å². The molecule has 0 fully saturated rings. The molecule has 0 bridgehead atoms. The smallest absolute Gasteiger partial charge is 0.416 e. The molecule has 7 nitrogen and oxygen atoms in total. The van der Waals surface area contributed by atoms with Crippen molar-refractivity contribution in [3.8, 4) is 5.75 Å². The van der Waals surface area contributed by atoms with Crippen LogP contribution in [0.4, 0.5) is 18.9 Å². The van der Waals surface area contributed by atoms with Crippen LogP contribution in [0.15, 0.2) is 79.3 Å². The van der Waals surface area contributed by atoms with Gasteiger partial charge >= 0.3 is 6.18 Å². The van der Waals surface area contributed by atoms with Crippen molar-refractivity contribution < 1.29 is 22.7 Å². The van der Waals surface area contributed by atoms with Crippen molar-refractivity contribution in [3.05, 3.63) is 96.1 Å². The Hall–Kier alpha value is -4.08. The van der Waals surface area contributed by atoms with E-state index in [1.54, 1.807) is 18.3 Å². The maximum absolute atomic E-state index is 12.9. The van der Waals surface area contributed by atoms with Gasteiger partial charge in [0.2, 0.25) is 0 Å². The van der Waals surface area contributed by atoms with Crippen LogP contribution in [0.3, 0.4) is 0 Å². The average molecular weight is 441 g/mol. The van der Waals surface area contributed by atoms with Crippen LogP contribution in [0.1, 0.15) is 21.6 Å². The molecular formula is C22H18F3N5O2. The summed E-state index contributed by atoms with van der Waals surface area (Å²) in [5.41, 5.74) is 0.310. The minimum Gasteiger partial charge on any atom is -0.471 e. The molecule has 0 aliphatic carbocycles. The van der Waals surface area contributed by atoms with Crippen LogP contribution < -0.4 is 10.1 Å². The number of benzene rings is 2. The van der Waals surface area contributed by atoms with Crippen LogP contribution in [0, 0.1) is 0 Å². The minimum atomic E-state index is -4.41. The van der Waals surface area contributed by atoms with Crippen LogP contribution in [0.5, 0.6) is 5.75 Å². The zero-order valence-corrected chi connectivity index (χ0v) is 16.7. The second-order valence-corrected chi connectivity index (χ2v) is 6.91. The molecule has 4 rings (SSSR count). The van der Waals surface area contributed by atoms with Crippen molar-refractivity contribution in [1.82, 2.24) is 19.6 Å². The molecule has 0 atom stereocenters. The van der Waals surface area contributed by atoms with E-state index in [1.807, 2.05) is 30.3 Å². The summed E-state index contributed by atoms with van der Waals surface area (Å²) in [6.07, 6.45) is 0.165. The lowest BCUT2D eigenvalue weighted by Gasteiger charge is -2.08. The molecule has 0 saturated heterocycles. The highest BCUT2D eigenvalue weighted by molar-refractivity contribution is 6.02. The number of hydrogen-bond acceptors (Lipinski definition) is 4. The molecule has 32 heavy (non-hydrogen) atoms. The molecule has 0 spiro atoms. The second kappa shape index (κ2) is 8.96. The summed E-state index contributed by atoms with van der Waals surface area (Å²) in [6, 6.07) is 15.8. The fourth-order valence-electron chi connectivity index (χ4n) is 2.95. The number of hydrogen-bond donors (Lipinski definition) is 1. The quantitative estimate of drug-likeness (QED) is 0.460. The van der Waals surface area contributed by atoms with Crippen molar-refractivity contribution in [2.75, 3.05) is 5.32 Å². The maximum atomic E-state index is 12.9. The second-order valence-electron chi connectivity index (χ2n) is 6.91. The molecule has 10 heteroatoms. The zero-order chi connectivity index (χ0) is 22.6. The molecule has 0 saturated carbocycles.